The number of hydrogen-bond donors (Lipinski definition) is 8. The third kappa shape index (κ3) is 7.23. The van der Waals surface area contributed by atoms with E-state index in [4.69, 9.17) is 33.9 Å². The van der Waals surface area contributed by atoms with Crippen molar-refractivity contribution in [1.82, 2.24) is 0 Å². The second kappa shape index (κ2) is 13.3. The van der Waals surface area contributed by atoms with Crippen molar-refractivity contribution in [1.29, 1.82) is 0 Å². The van der Waals surface area contributed by atoms with Gasteiger partial charge in [0, 0.05) is 13.2 Å². The van der Waals surface area contributed by atoms with E-state index in [2.05, 4.69) is 0 Å². The summed E-state index contributed by atoms with van der Waals surface area (Å²) in [5.41, 5.74) is 0. The molecule has 0 bridgehead atoms. The molecule has 10 atom stereocenters. The lowest BCUT2D eigenvalue weighted by atomic mass is 9.99. The minimum atomic E-state index is -1.49. The summed E-state index contributed by atoms with van der Waals surface area (Å²) in [7, 11) is 0. The van der Waals surface area contributed by atoms with E-state index in [0.717, 1.165) is 0 Å². The van der Waals surface area contributed by atoms with E-state index in [-0.39, 0.29) is 13.2 Å². The van der Waals surface area contributed by atoms with Gasteiger partial charge in [-0.3, -0.25) is 0 Å². The Morgan fingerprint density at radius 3 is 1.26 bits per heavy atom. The van der Waals surface area contributed by atoms with Gasteiger partial charge in [-0.1, -0.05) is 0 Å². The summed E-state index contributed by atoms with van der Waals surface area (Å²) >= 11 is 0. The molecule has 2 heterocycles. The van der Waals surface area contributed by atoms with Crippen molar-refractivity contribution >= 4 is 0 Å². The highest BCUT2D eigenvalue weighted by Crippen LogP contribution is 2.23. The zero-order chi connectivity index (χ0) is 23.0. The molecule has 0 saturated carbocycles. The van der Waals surface area contributed by atoms with Crippen LogP contribution in [0.2, 0.25) is 0 Å². The summed E-state index contributed by atoms with van der Waals surface area (Å²) in [5.74, 6) is 0. The highest BCUT2D eigenvalue weighted by molar-refractivity contribution is 4.89. The molecule has 0 amide bonds. The maximum Gasteiger partial charge on any atom is 0.186 e. The quantitative estimate of drug-likeness (QED) is 0.130. The number of rotatable bonds is 12. The molecule has 8 N–H and O–H groups in total. The van der Waals surface area contributed by atoms with Crippen LogP contribution in [0.5, 0.6) is 0 Å². The Balaban J connectivity index is 1.53. The lowest BCUT2D eigenvalue weighted by Gasteiger charge is -2.39. The van der Waals surface area contributed by atoms with E-state index in [0.29, 0.717) is 26.1 Å². The van der Waals surface area contributed by atoms with Gasteiger partial charge in [0.1, 0.15) is 48.8 Å². The third-order valence-electron chi connectivity index (χ3n) is 5.13. The van der Waals surface area contributed by atoms with Crippen molar-refractivity contribution in [2.24, 2.45) is 0 Å². The van der Waals surface area contributed by atoms with Crippen LogP contribution in [0, 0.1) is 0 Å². The van der Waals surface area contributed by atoms with Crippen LogP contribution in [0.1, 0.15) is 12.8 Å². The molecule has 0 aliphatic carbocycles. The fourth-order valence-corrected chi connectivity index (χ4v) is 3.23. The van der Waals surface area contributed by atoms with E-state index in [9.17, 15) is 30.6 Å². The molecule has 2 saturated heterocycles. The molecule has 184 valence electrons. The van der Waals surface area contributed by atoms with E-state index in [1.165, 1.54) is 0 Å². The normalized spacial score (nSPS) is 41.4. The SMILES string of the molecule is OC[C@H]1O[C@H](OCCCOCCCO[C@H]2O[C@H](CO)[C@H](O)[C@H](O)[C@H]2O)[C@H](O)[C@@H](O)[C@H]1O. The van der Waals surface area contributed by atoms with Crippen LogP contribution in [-0.2, 0) is 23.7 Å². The van der Waals surface area contributed by atoms with Gasteiger partial charge in [0.15, 0.2) is 12.6 Å². The standard InChI is InChI=1S/C18H34O13/c19-7-9-11(21)13(23)15(25)17(30-9)28-5-1-3-27-4-2-6-29-18-16(26)14(24)12(22)10(8-20)31-18/h9-26H,1-8H2/t9-,10-,11+,12+,13+,14+,15-,16-,17+,18+/m1/s1. The van der Waals surface area contributed by atoms with Crippen molar-refractivity contribution in [3.05, 3.63) is 0 Å². The van der Waals surface area contributed by atoms with Crippen molar-refractivity contribution < 1.29 is 64.5 Å². The topological polar surface area (TPSA) is 208 Å². The van der Waals surface area contributed by atoms with Crippen molar-refractivity contribution in [2.75, 3.05) is 39.6 Å². The smallest absolute Gasteiger partial charge is 0.186 e. The average molecular weight is 458 g/mol. The molecular weight excluding hydrogens is 424 g/mol. The average Bonchev–Trinajstić information content (AvgIpc) is 2.77. The molecule has 2 aliphatic rings. The maximum absolute atomic E-state index is 9.85. The third-order valence-corrected chi connectivity index (χ3v) is 5.13. The van der Waals surface area contributed by atoms with E-state index in [1.807, 2.05) is 0 Å². The van der Waals surface area contributed by atoms with Gasteiger partial charge in [-0.25, -0.2) is 0 Å². The molecule has 2 aliphatic heterocycles. The summed E-state index contributed by atoms with van der Waals surface area (Å²) in [6.45, 7) is -0.138. The molecule has 0 aromatic heterocycles. The van der Waals surface area contributed by atoms with Crippen molar-refractivity contribution in [3.8, 4) is 0 Å². The second-order valence-electron chi connectivity index (χ2n) is 7.46. The summed E-state index contributed by atoms with van der Waals surface area (Å²) < 4.78 is 26.5. The van der Waals surface area contributed by atoms with Crippen molar-refractivity contribution in [3.63, 3.8) is 0 Å². The Bertz CT molecular complexity index is 451. The molecule has 0 aromatic carbocycles. The molecule has 13 nitrogen and oxygen atoms in total. The fraction of sp³-hybridized carbons (Fsp3) is 1.00. The molecule has 0 unspecified atom stereocenters. The van der Waals surface area contributed by atoms with E-state index < -0.39 is 74.6 Å². The Morgan fingerprint density at radius 2 is 0.903 bits per heavy atom. The first-order valence-corrected chi connectivity index (χ1v) is 10.2. The highest BCUT2D eigenvalue weighted by atomic mass is 16.7. The zero-order valence-electron chi connectivity index (χ0n) is 17.0. The summed E-state index contributed by atoms with van der Waals surface area (Å²) in [5, 5.41) is 76.7. The van der Waals surface area contributed by atoms with Crippen LogP contribution in [-0.4, -0.2) is 142 Å². The van der Waals surface area contributed by atoms with Crippen LogP contribution in [0.4, 0.5) is 0 Å². The maximum atomic E-state index is 9.85. The first-order valence-electron chi connectivity index (χ1n) is 10.2. The van der Waals surface area contributed by atoms with Gasteiger partial charge in [-0.05, 0) is 12.8 Å². The number of aliphatic hydroxyl groups excluding tert-OH is 8. The van der Waals surface area contributed by atoms with Gasteiger partial charge < -0.3 is 64.5 Å². The second-order valence-corrected chi connectivity index (χ2v) is 7.46. The largest absolute Gasteiger partial charge is 0.394 e. The fourth-order valence-electron chi connectivity index (χ4n) is 3.23. The van der Waals surface area contributed by atoms with Crippen LogP contribution in [0.15, 0.2) is 0 Å². The minimum Gasteiger partial charge on any atom is -0.394 e. The number of aliphatic hydroxyl groups is 8. The summed E-state index contributed by atoms with van der Waals surface area (Å²) in [6, 6.07) is 0. The van der Waals surface area contributed by atoms with Gasteiger partial charge in [0.05, 0.1) is 26.4 Å². The van der Waals surface area contributed by atoms with E-state index >= 15 is 0 Å². The first kappa shape index (κ1) is 26.7. The molecule has 0 spiro atoms. The van der Waals surface area contributed by atoms with Gasteiger partial charge in [0.25, 0.3) is 0 Å². The molecule has 2 rings (SSSR count). The van der Waals surface area contributed by atoms with Crippen LogP contribution in [0.3, 0.4) is 0 Å². The predicted octanol–water partition coefficient (Wildman–Crippen LogP) is -4.58. The lowest BCUT2D eigenvalue weighted by Crippen LogP contribution is -2.59. The van der Waals surface area contributed by atoms with Crippen LogP contribution >= 0.6 is 0 Å². The Labute approximate surface area is 179 Å². The van der Waals surface area contributed by atoms with Gasteiger partial charge in [-0.2, -0.15) is 0 Å². The monoisotopic (exact) mass is 458 g/mol. The predicted molar refractivity (Wildman–Crippen MR) is 99.5 cm³/mol. The highest BCUT2D eigenvalue weighted by Gasteiger charge is 2.44. The molecule has 13 heteroatoms. The van der Waals surface area contributed by atoms with Gasteiger partial charge in [-0.15, -0.1) is 0 Å². The molecule has 0 aromatic rings. The lowest BCUT2D eigenvalue weighted by molar-refractivity contribution is -0.301. The number of hydrogen-bond acceptors (Lipinski definition) is 13. The molecule has 0 radical (unpaired) electrons. The Kier molecular flexibility index (Phi) is 11.4. The Hall–Kier alpha value is -0.520. The first-order chi connectivity index (χ1) is 14.8. The number of ether oxygens (including phenoxy) is 5. The molecular formula is C18H34O13. The Morgan fingerprint density at radius 1 is 0.516 bits per heavy atom. The summed E-state index contributed by atoms with van der Waals surface area (Å²) in [4.78, 5) is 0. The van der Waals surface area contributed by atoms with Gasteiger partial charge in [0.2, 0.25) is 0 Å². The zero-order valence-corrected chi connectivity index (χ0v) is 17.0. The molecule has 2 fully saturated rings. The van der Waals surface area contributed by atoms with Crippen LogP contribution < -0.4 is 0 Å². The molecule has 31 heavy (non-hydrogen) atoms. The van der Waals surface area contributed by atoms with Crippen molar-refractivity contribution in [2.45, 2.75) is 74.3 Å². The van der Waals surface area contributed by atoms with Gasteiger partial charge >= 0.3 is 0 Å². The van der Waals surface area contributed by atoms with Crippen LogP contribution in [0.25, 0.3) is 0 Å². The summed E-state index contributed by atoms with van der Waals surface area (Å²) in [6.07, 6.45) is -12.3. The minimum absolute atomic E-state index is 0.143. The van der Waals surface area contributed by atoms with E-state index in [1.54, 1.807) is 0 Å².